The number of carbonyl (C=O) groups is 1. The molecule has 0 spiro atoms. The number of fused-ring (bicyclic) bond motifs is 1. The van der Waals surface area contributed by atoms with Gasteiger partial charge in [-0.15, -0.1) is 5.10 Å². The second-order valence-electron chi connectivity index (χ2n) is 6.20. The summed E-state index contributed by atoms with van der Waals surface area (Å²) >= 11 is 0. The lowest BCUT2D eigenvalue weighted by atomic mass is 10.1. The van der Waals surface area contributed by atoms with Crippen molar-refractivity contribution in [2.24, 2.45) is 0 Å². The molecule has 1 aliphatic heterocycles. The molecule has 0 saturated carbocycles. The van der Waals surface area contributed by atoms with E-state index in [1.807, 2.05) is 52.0 Å². The van der Waals surface area contributed by atoms with E-state index in [-0.39, 0.29) is 5.91 Å². The first-order valence-corrected chi connectivity index (χ1v) is 8.58. The standard InChI is InChI=1S/C19H20N4O3/c1-25-16-5-2-14(3-6-16)13-23-18-7-4-15(12-17(18)20-21-23)19(24)22-8-10-26-11-9-22/h2-7,12H,8-11,13H2,1H3. The molecule has 7 heteroatoms. The van der Waals surface area contributed by atoms with Crippen molar-refractivity contribution in [2.45, 2.75) is 6.54 Å². The first kappa shape index (κ1) is 16.5. The lowest BCUT2D eigenvalue weighted by molar-refractivity contribution is 0.0303. The van der Waals surface area contributed by atoms with Gasteiger partial charge in [0.05, 0.1) is 32.4 Å². The summed E-state index contributed by atoms with van der Waals surface area (Å²) in [5, 5.41) is 8.47. The third kappa shape index (κ3) is 3.25. The van der Waals surface area contributed by atoms with E-state index in [1.54, 1.807) is 7.11 Å². The average Bonchev–Trinajstić information content (AvgIpc) is 3.10. The van der Waals surface area contributed by atoms with E-state index in [4.69, 9.17) is 9.47 Å². The molecule has 0 unspecified atom stereocenters. The predicted octanol–water partition coefficient (Wildman–Crippen LogP) is 1.96. The van der Waals surface area contributed by atoms with Crippen molar-refractivity contribution in [3.63, 3.8) is 0 Å². The van der Waals surface area contributed by atoms with Gasteiger partial charge in [-0.2, -0.15) is 0 Å². The molecule has 1 saturated heterocycles. The maximum atomic E-state index is 12.6. The van der Waals surface area contributed by atoms with Crippen molar-refractivity contribution in [1.82, 2.24) is 19.9 Å². The number of methoxy groups -OCH3 is 1. The summed E-state index contributed by atoms with van der Waals surface area (Å²) in [7, 11) is 1.65. The van der Waals surface area contributed by atoms with Crippen LogP contribution in [0.1, 0.15) is 15.9 Å². The van der Waals surface area contributed by atoms with E-state index in [0.717, 1.165) is 22.3 Å². The molecule has 7 nitrogen and oxygen atoms in total. The lowest BCUT2D eigenvalue weighted by Gasteiger charge is -2.26. The molecule has 0 atom stereocenters. The number of benzene rings is 2. The Balaban J connectivity index is 1.55. The van der Waals surface area contributed by atoms with Crippen LogP contribution in [0, 0.1) is 0 Å². The largest absolute Gasteiger partial charge is 0.497 e. The second-order valence-corrected chi connectivity index (χ2v) is 6.20. The van der Waals surface area contributed by atoms with E-state index in [9.17, 15) is 4.79 Å². The Morgan fingerprint density at radius 2 is 1.92 bits per heavy atom. The Labute approximate surface area is 151 Å². The first-order chi connectivity index (χ1) is 12.7. The van der Waals surface area contributed by atoms with Crippen LogP contribution in [-0.2, 0) is 11.3 Å². The van der Waals surface area contributed by atoms with Gasteiger partial charge in [-0.3, -0.25) is 4.79 Å². The van der Waals surface area contributed by atoms with Gasteiger partial charge in [0.2, 0.25) is 0 Å². The number of carbonyl (C=O) groups excluding carboxylic acids is 1. The Hall–Kier alpha value is -2.93. The highest BCUT2D eigenvalue weighted by Gasteiger charge is 2.19. The van der Waals surface area contributed by atoms with Gasteiger partial charge in [0.25, 0.3) is 5.91 Å². The van der Waals surface area contributed by atoms with Crippen molar-refractivity contribution in [2.75, 3.05) is 33.4 Å². The van der Waals surface area contributed by atoms with Crippen LogP contribution in [-0.4, -0.2) is 59.2 Å². The van der Waals surface area contributed by atoms with Gasteiger partial charge in [0.1, 0.15) is 11.3 Å². The third-order valence-electron chi connectivity index (χ3n) is 4.55. The topological polar surface area (TPSA) is 69.5 Å². The van der Waals surface area contributed by atoms with Crippen LogP contribution in [0.15, 0.2) is 42.5 Å². The number of amides is 1. The van der Waals surface area contributed by atoms with Crippen molar-refractivity contribution in [3.8, 4) is 5.75 Å². The van der Waals surface area contributed by atoms with E-state index in [1.165, 1.54) is 0 Å². The molecule has 4 rings (SSSR count). The van der Waals surface area contributed by atoms with E-state index < -0.39 is 0 Å². The molecule has 0 N–H and O–H groups in total. The van der Waals surface area contributed by atoms with Crippen LogP contribution in [0.2, 0.25) is 0 Å². The summed E-state index contributed by atoms with van der Waals surface area (Å²) in [6.45, 7) is 3.04. The highest BCUT2D eigenvalue weighted by molar-refractivity contribution is 5.97. The zero-order valence-corrected chi connectivity index (χ0v) is 14.6. The van der Waals surface area contributed by atoms with Crippen LogP contribution in [0.5, 0.6) is 5.75 Å². The zero-order valence-electron chi connectivity index (χ0n) is 14.6. The molecule has 1 amide bonds. The number of rotatable bonds is 4. The number of morpholine rings is 1. The predicted molar refractivity (Wildman–Crippen MR) is 96.3 cm³/mol. The minimum absolute atomic E-state index is 0.0138. The SMILES string of the molecule is COc1ccc(Cn2nnc3cc(C(=O)N4CCOCC4)ccc32)cc1. The van der Waals surface area contributed by atoms with Gasteiger partial charge in [0, 0.05) is 18.7 Å². The van der Waals surface area contributed by atoms with Gasteiger partial charge < -0.3 is 14.4 Å². The molecule has 1 fully saturated rings. The number of aromatic nitrogens is 3. The minimum Gasteiger partial charge on any atom is -0.497 e. The Morgan fingerprint density at radius 1 is 1.15 bits per heavy atom. The summed E-state index contributed by atoms with van der Waals surface area (Å²) in [6, 6.07) is 13.4. The Morgan fingerprint density at radius 3 is 2.65 bits per heavy atom. The molecular formula is C19H20N4O3. The molecule has 134 valence electrons. The lowest BCUT2D eigenvalue weighted by Crippen LogP contribution is -2.40. The maximum absolute atomic E-state index is 12.6. The van der Waals surface area contributed by atoms with Crippen LogP contribution in [0.25, 0.3) is 11.0 Å². The normalized spacial score (nSPS) is 14.6. The number of hydrogen-bond donors (Lipinski definition) is 0. The molecular weight excluding hydrogens is 332 g/mol. The zero-order chi connectivity index (χ0) is 17.9. The van der Waals surface area contributed by atoms with Gasteiger partial charge in [-0.1, -0.05) is 17.3 Å². The molecule has 0 bridgehead atoms. The smallest absolute Gasteiger partial charge is 0.254 e. The summed E-state index contributed by atoms with van der Waals surface area (Å²) in [4.78, 5) is 14.4. The Kier molecular flexibility index (Phi) is 4.53. The summed E-state index contributed by atoms with van der Waals surface area (Å²) in [5.74, 6) is 0.836. The van der Waals surface area contributed by atoms with Crippen molar-refractivity contribution in [3.05, 3.63) is 53.6 Å². The maximum Gasteiger partial charge on any atom is 0.254 e. The summed E-state index contributed by atoms with van der Waals surface area (Å²) < 4.78 is 12.3. The molecule has 0 radical (unpaired) electrons. The van der Waals surface area contributed by atoms with Gasteiger partial charge in [-0.25, -0.2) is 4.68 Å². The highest BCUT2D eigenvalue weighted by atomic mass is 16.5. The molecule has 3 aromatic rings. The van der Waals surface area contributed by atoms with Crippen LogP contribution >= 0.6 is 0 Å². The highest BCUT2D eigenvalue weighted by Crippen LogP contribution is 2.18. The van der Waals surface area contributed by atoms with Gasteiger partial charge >= 0.3 is 0 Å². The molecule has 1 aromatic heterocycles. The van der Waals surface area contributed by atoms with E-state index >= 15 is 0 Å². The van der Waals surface area contributed by atoms with Gasteiger partial charge in [0.15, 0.2) is 0 Å². The Bertz CT molecular complexity index is 914. The third-order valence-corrected chi connectivity index (χ3v) is 4.55. The van der Waals surface area contributed by atoms with Gasteiger partial charge in [-0.05, 0) is 35.9 Å². The molecule has 26 heavy (non-hydrogen) atoms. The number of ether oxygens (including phenoxy) is 2. The number of hydrogen-bond acceptors (Lipinski definition) is 5. The van der Waals surface area contributed by atoms with E-state index in [2.05, 4.69) is 10.3 Å². The second kappa shape index (κ2) is 7.13. The minimum atomic E-state index is 0.0138. The van der Waals surface area contributed by atoms with E-state index in [0.29, 0.717) is 38.4 Å². The fourth-order valence-electron chi connectivity index (χ4n) is 3.07. The monoisotopic (exact) mass is 352 g/mol. The fraction of sp³-hybridized carbons (Fsp3) is 0.316. The average molecular weight is 352 g/mol. The number of nitrogens with zero attached hydrogens (tertiary/aromatic N) is 4. The van der Waals surface area contributed by atoms with Crippen LogP contribution in [0.4, 0.5) is 0 Å². The molecule has 0 aliphatic carbocycles. The fourth-order valence-corrected chi connectivity index (χ4v) is 3.07. The van der Waals surface area contributed by atoms with Crippen molar-refractivity contribution < 1.29 is 14.3 Å². The summed E-state index contributed by atoms with van der Waals surface area (Å²) in [6.07, 6.45) is 0. The van der Waals surface area contributed by atoms with Crippen molar-refractivity contribution >= 4 is 16.9 Å². The van der Waals surface area contributed by atoms with Crippen LogP contribution in [0.3, 0.4) is 0 Å². The van der Waals surface area contributed by atoms with Crippen LogP contribution < -0.4 is 4.74 Å². The molecule has 2 heterocycles. The molecule has 1 aliphatic rings. The summed E-state index contributed by atoms with van der Waals surface area (Å²) in [5.41, 5.74) is 3.36. The van der Waals surface area contributed by atoms with Crippen molar-refractivity contribution in [1.29, 1.82) is 0 Å². The first-order valence-electron chi connectivity index (χ1n) is 8.58. The molecule has 2 aromatic carbocycles. The quantitative estimate of drug-likeness (QED) is 0.718.